The Morgan fingerprint density at radius 3 is 2.90 bits per heavy atom. The maximum atomic E-state index is 6.37. The van der Waals surface area contributed by atoms with Crippen molar-refractivity contribution in [2.45, 2.75) is 44.8 Å². The summed E-state index contributed by atoms with van der Waals surface area (Å²) in [6.07, 6.45) is 10.2. The van der Waals surface area contributed by atoms with Gasteiger partial charge in [0.25, 0.3) is 0 Å². The molecule has 2 aliphatic rings. The first-order valence-corrected chi connectivity index (χ1v) is 10.7. The van der Waals surface area contributed by atoms with E-state index in [0.29, 0.717) is 11.9 Å². The monoisotopic (exact) mass is 403 g/mol. The molecule has 0 bridgehead atoms. The molecular formula is C22H25N7O. The second-order valence-corrected chi connectivity index (χ2v) is 8.56. The second-order valence-electron chi connectivity index (χ2n) is 8.56. The quantitative estimate of drug-likeness (QED) is 0.521. The lowest BCUT2D eigenvalue weighted by molar-refractivity contribution is 0.101. The highest BCUT2D eigenvalue weighted by Crippen LogP contribution is 2.39. The Bertz CT molecular complexity index is 1240. The molecule has 8 heteroatoms. The molecule has 154 valence electrons. The van der Waals surface area contributed by atoms with Gasteiger partial charge in [0.2, 0.25) is 5.88 Å². The number of piperidine rings is 1. The Morgan fingerprint density at radius 1 is 1.17 bits per heavy atom. The number of hydrogen-bond acceptors (Lipinski definition) is 6. The van der Waals surface area contributed by atoms with E-state index in [4.69, 9.17) is 4.74 Å². The predicted molar refractivity (Wildman–Crippen MR) is 114 cm³/mol. The first-order chi connectivity index (χ1) is 14.7. The van der Waals surface area contributed by atoms with E-state index in [1.54, 1.807) is 6.33 Å². The van der Waals surface area contributed by atoms with Crippen LogP contribution in [-0.4, -0.2) is 60.3 Å². The van der Waals surface area contributed by atoms with Crippen LogP contribution in [0.2, 0.25) is 0 Å². The summed E-state index contributed by atoms with van der Waals surface area (Å²) < 4.78 is 10.5. The van der Waals surface area contributed by atoms with E-state index in [1.165, 1.54) is 12.8 Å². The van der Waals surface area contributed by atoms with Gasteiger partial charge in [0, 0.05) is 36.1 Å². The number of hydrogen-bond donors (Lipinski definition) is 0. The Hall–Kier alpha value is -3.00. The van der Waals surface area contributed by atoms with Gasteiger partial charge in [0.15, 0.2) is 5.65 Å². The van der Waals surface area contributed by atoms with Gasteiger partial charge in [-0.1, -0.05) is 0 Å². The molecule has 4 aromatic heterocycles. The standard InChI is InChI=1S/C22H25N7O/c1-14-26-21-19(29(14)16-5-6-16)10-15(11-23-21)18-7-9-28-20(18)22(24-13-25-28)30-17-4-3-8-27(2)12-17/h7,9-11,13,16-17H,3-6,8,12H2,1-2H3. The van der Waals surface area contributed by atoms with Gasteiger partial charge in [-0.2, -0.15) is 10.1 Å². The number of ether oxygens (including phenoxy) is 1. The smallest absolute Gasteiger partial charge is 0.242 e. The van der Waals surface area contributed by atoms with E-state index >= 15 is 0 Å². The Labute approximate surface area is 174 Å². The number of fused-ring (bicyclic) bond motifs is 2. The van der Waals surface area contributed by atoms with Crippen molar-refractivity contribution in [3.8, 4) is 17.0 Å². The summed E-state index contributed by atoms with van der Waals surface area (Å²) in [5.41, 5.74) is 4.86. The van der Waals surface area contributed by atoms with Crippen molar-refractivity contribution in [1.82, 2.24) is 34.0 Å². The normalized spacial score (nSPS) is 20.3. The molecule has 0 N–H and O–H groups in total. The Balaban J connectivity index is 1.44. The highest BCUT2D eigenvalue weighted by molar-refractivity contribution is 5.88. The molecule has 0 amide bonds. The van der Waals surface area contributed by atoms with Crippen LogP contribution < -0.4 is 4.74 Å². The van der Waals surface area contributed by atoms with Crippen molar-refractivity contribution in [3.63, 3.8) is 0 Å². The maximum absolute atomic E-state index is 6.37. The van der Waals surface area contributed by atoms with Crippen LogP contribution in [0.3, 0.4) is 0 Å². The summed E-state index contributed by atoms with van der Waals surface area (Å²) in [5.74, 6) is 1.67. The number of aromatic nitrogens is 6. The van der Waals surface area contributed by atoms with Crippen LogP contribution in [0.15, 0.2) is 30.9 Å². The average Bonchev–Trinajstić information content (AvgIpc) is 3.37. The lowest BCUT2D eigenvalue weighted by Gasteiger charge is -2.29. The number of imidazole rings is 1. The summed E-state index contributed by atoms with van der Waals surface area (Å²) in [7, 11) is 2.14. The first-order valence-electron chi connectivity index (χ1n) is 10.7. The fourth-order valence-electron chi connectivity index (χ4n) is 4.65. The molecule has 1 saturated heterocycles. The molecule has 8 nitrogen and oxygen atoms in total. The van der Waals surface area contributed by atoms with E-state index in [0.717, 1.165) is 59.6 Å². The molecule has 0 spiro atoms. The number of nitrogens with zero attached hydrogens (tertiary/aromatic N) is 7. The largest absolute Gasteiger partial charge is 0.471 e. The van der Waals surface area contributed by atoms with Gasteiger partial charge >= 0.3 is 0 Å². The third-order valence-corrected chi connectivity index (χ3v) is 6.23. The second kappa shape index (κ2) is 6.77. The molecule has 1 aliphatic carbocycles. The van der Waals surface area contributed by atoms with Gasteiger partial charge < -0.3 is 14.2 Å². The first kappa shape index (κ1) is 17.8. The predicted octanol–water partition coefficient (Wildman–Crippen LogP) is 3.26. The zero-order chi connectivity index (χ0) is 20.2. The molecule has 1 saturated carbocycles. The topological polar surface area (TPSA) is 73.4 Å². The molecule has 2 fully saturated rings. The molecule has 0 radical (unpaired) electrons. The van der Waals surface area contributed by atoms with E-state index in [9.17, 15) is 0 Å². The van der Waals surface area contributed by atoms with Crippen LogP contribution in [-0.2, 0) is 0 Å². The van der Waals surface area contributed by atoms with Crippen LogP contribution in [0, 0.1) is 6.92 Å². The maximum Gasteiger partial charge on any atom is 0.242 e. The average molecular weight is 403 g/mol. The highest BCUT2D eigenvalue weighted by atomic mass is 16.5. The summed E-state index contributed by atoms with van der Waals surface area (Å²) in [5, 5.41) is 4.40. The minimum atomic E-state index is 0.143. The zero-order valence-electron chi connectivity index (χ0n) is 17.3. The Morgan fingerprint density at radius 2 is 2.07 bits per heavy atom. The van der Waals surface area contributed by atoms with Crippen LogP contribution >= 0.6 is 0 Å². The van der Waals surface area contributed by atoms with Gasteiger partial charge in [-0.25, -0.2) is 14.5 Å². The van der Waals surface area contributed by atoms with Crippen LogP contribution in [0.4, 0.5) is 0 Å². The summed E-state index contributed by atoms with van der Waals surface area (Å²) in [6, 6.07) is 4.82. The van der Waals surface area contributed by atoms with E-state index < -0.39 is 0 Å². The van der Waals surface area contributed by atoms with Crippen LogP contribution in [0.1, 0.15) is 37.5 Å². The molecule has 1 atom stereocenters. The highest BCUT2D eigenvalue weighted by Gasteiger charge is 2.28. The van der Waals surface area contributed by atoms with Crippen molar-refractivity contribution in [3.05, 3.63) is 36.7 Å². The summed E-state index contributed by atoms with van der Waals surface area (Å²) in [4.78, 5) is 16.1. The van der Waals surface area contributed by atoms with Crippen molar-refractivity contribution < 1.29 is 4.74 Å². The van der Waals surface area contributed by atoms with Crippen molar-refractivity contribution in [2.24, 2.45) is 0 Å². The molecule has 0 aromatic carbocycles. The molecular weight excluding hydrogens is 378 g/mol. The third-order valence-electron chi connectivity index (χ3n) is 6.23. The number of pyridine rings is 1. The van der Waals surface area contributed by atoms with Crippen molar-refractivity contribution >= 4 is 16.7 Å². The van der Waals surface area contributed by atoms with Crippen LogP contribution in [0.5, 0.6) is 5.88 Å². The van der Waals surface area contributed by atoms with Gasteiger partial charge in [-0.3, -0.25) is 0 Å². The fourth-order valence-corrected chi connectivity index (χ4v) is 4.65. The van der Waals surface area contributed by atoms with Crippen LogP contribution in [0.25, 0.3) is 27.8 Å². The molecule has 5 heterocycles. The van der Waals surface area contributed by atoms with E-state index in [-0.39, 0.29) is 6.10 Å². The minimum Gasteiger partial charge on any atom is -0.471 e. The number of likely N-dealkylation sites (tertiary alicyclic amines) is 1. The lowest BCUT2D eigenvalue weighted by Crippen LogP contribution is -2.38. The van der Waals surface area contributed by atoms with Crippen molar-refractivity contribution in [1.29, 1.82) is 0 Å². The minimum absolute atomic E-state index is 0.143. The number of likely N-dealkylation sites (N-methyl/N-ethyl adjacent to an activating group) is 1. The third kappa shape index (κ3) is 2.94. The molecule has 1 aliphatic heterocycles. The van der Waals surface area contributed by atoms with Gasteiger partial charge in [-0.05, 0) is 58.3 Å². The molecule has 4 aromatic rings. The Kier molecular flexibility index (Phi) is 4.02. The number of rotatable bonds is 4. The number of aryl methyl sites for hydroxylation is 1. The van der Waals surface area contributed by atoms with Gasteiger partial charge in [0.1, 0.15) is 23.8 Å². The molecule has 30 heavy (non-hydrogen) atoms. The molecule has 6 rings (SSSR count). The van der Waals surface area contributed by atoms with Gasteiger partial charge in [0.05, 0.1) is 5.52 Å². The zero-order valence-corrected chi connectivity index (χ0v) is 17.3. The van der Waals surface area contributed by atoms with Crippen molar-refractivity contribution in [2.75, 3.05) is 20.1 Å². The lowest BCUT2D eigenvalue weighted by atomic mass is 10.1. The SMILES string of the molecule is Cc1nc2ncc(-c3ccn4ncnc(OC5CCCN(C)C5)c34)cc2n1C1CC1. The summed E-state index contributed by atoms with van der Waals surface area (Å²) in [6.45, 7) is 4.10. The fraction of sp³-hybridized carbons (Fsp3) is 0.455. The summed E-state index contributed by atoms with van der Waals surface area (Å²) >= 11 is 0. The molecule has 1 unspecified atom stereocenters. The van der Waals surface area contributed by atoms with Gasteiger partial charge in [-0.15, -0.1) is 0 Å². The van der Waals surface area contributed by atoms with E-state index in [1.807, 2.05) is 16.9 Å². The van der Waals surface area contributed by atoms with E-state index in [2.05, 4.69) is 55.6 Å².